The fourth-order valence-corrected chi connectivity index (χ4v) is 5.55. The molecule has 42 heavy (non-hydrogen) atoms. The molecule has 230 valence electrons. The molecule has 2 aliphatic rings. The van der Waals surface area contributed by atoms with Crippen LogP contribution in [0.25, 0.3) is 0 Å². The maximum atomic E-state index is 13.9. The molecular formula is C31H44N4O7. The number of Topliss-reactive ketones (excluding diaryl/α,β-unsaturated/α-hetero) is 1. The molecule has 11 heteroatoms. The largest absolute Gasteiger partial charge is 0.490 e. The number of ketones is 1. The highest BCUT2D eigenvalue weighted by atomic mass is 16.6. The second-order valence-corrected chi connectivity index (χ2v) is 10.7. The smallest absolute Gasteiger partial charge is 0.407 e. The van der Waals surface area contributed by atoms with E-state index < -0.39 is 41.8 Å². The molecule has 2 fully saturated rings. The van der Waals surface area contributed by atoms with Crippen molar-refractivity contribution in [1.29, 1.82) is 0 Å². The lowest BCUT2D eigenvalue weighted by atomic mass is 9.83. The molecule has 3 atom stereocenters. The Morgan fingerprint density at radius 2 is 1.74 bits per heavy atom. The summed E-state index contributed by atoms with van der Waals surface area (Å²) in [6.07, 6.45) is 7.19. The molecule has 3 rings (SSSR count). The van der Waals surface area contributed by atoms with Crippen molar-refractivity contribution in [2.24, 2.45) is 5.92 Å². The second-order valence-electron chi connectivity index (χ2n) is 10.7. The molecule has 4 amide bonds. The summed E-state index contributed by atoms with van der Waals surface area (Å²) in [4.78, 5) is 66.5. The zero-order valence-electron chi connectivity index (χ0n) is 24.5. The van der Waals surface area contributed by atoms with E-state index in [2.05, 4.69) is 22.5 Å². The summed E-state index contributed by atoms with van der Waals surface area (Å²) in [7, 11) is 0. The molecule has 1 aliphatic carbocycles. The third-order valence-corrected chi connectivity index (χ3v) is 7.67. The van der Waals surface area contributed by atoms with Crippen LogP contribution in [0.4, 0.5) is 4.79 Å². The second kappa shape index (κ2) is 17.2. The minimum absolute atomic E-state index is 0.00821. The summed E-state index contributed by atoms with van der Waals surface area (Å²) in [5.74, 6) is -1.75. The monoisotopic (exact) mass is 584 g/mol. The molecule has 1 aromatic carbocycles. The van der Waals surface area contributed by atoms with Gasteiger partial charge in [0.2, 0.25) is 17.6 Å². The van der Waals surface area contributed by atoms with Crippen molar-refractivity contribution in [1.82, 2.24) is 20.9 Å². The standard InChI is InChI=1S/C31H44N4O7/c1-3-12-24(27(36)29(38)32-18-4-2)33-28(37)25-17-11-19-35(25)30(39)26(22-13-7-5-8-14-22)34-31(40)42-21-20-41-23-15-9-6-10-16-23/h4,6,9-10,15-16,22,24-26H,2-3,5,7-8,11-14,17-21H2,1H3,(H,32,38)(H,33,37)(H,34,40)/t24?,25-,26?/m0/s1. The predicted octanol–water partition coefficient (Wildman–Crippen LogP) is 2.89. The van der Waals surface area contributed by atoms with Gasteiger partial charge >= 0.3 is 6.09 Å². The van der Waals surface area contributed by atoms with E-state index in [9.17, 15) is 24.0 Å². The quantitative estimate of drug-likeness (QED) is 0.163. The summed E-state index contributed by atoms with van der Waals surface area (Å²) < 4.78 is 10.9. The Kier molecular flexibility index (Phi) is 13.3. The molecule has 0 bridgehead atoms. The maximum absolute atomic E-state index is 13.9. The van der Waals surface area contributed by atoms with Crippen LogP contribution in [0.2, 0.25) is 0 Å². The number of hydrogen-bond acceptors (Lipinski definition) is 7. The van der Waals surface area contributed by atoms with Crippen LogP contribution in [-0.2, 0) is 23.9 Å². The maximum Gasteiger partial charge on any atom is 0.407 e. The molecule has 1 saturated carbocycles. The lowest BCUT2D eigenvalue weighted by Gasteiger charge is -2.34. The Morgan fingerprint density at radius 3 is 2.43 bits per heavy atom. The first-order chi connectivity index (χ1) is 20.3. The summed E-state index contributed by atoms with van der Waals surface area (Å²) in [5, 5.41) is 7.95. The van der Waals surface area contributed by atoms with Crippen LogP contribution in [0.3, 0.4) is 0 Å². The molecule has 1 saturated heterocycles. The van der Waals surface area contributed by atoms with Crippen LogP contribution < -0.4 is 20.7 Å². The van der Waals surface area contributed by atoms with Crippen LogP contribution in [0.1, 0.15) is 64.7 Å². The lowest BCUT2D eigenvalue weighted by molar-refractivity contribution is -0.143. The Bertz CT molecular complexity index is 1070. The zero-order chi connectivity index (χ0) is 30.3. The van der Waals surface area contributed by atoms with E-state index in [0.717, 1.165) is 32.1 Å². The number of nitrogens with zero attached hydrogens (tertiary/aromatic N) is 1. The number of likely N-dealkylation sites (tertiary alicyclic amines) is 1. The average molecular weight is 585 g/mol. The van der Waals surface area contributed by atoms with Crippen molar-refractivity contribution in [2.75, 3.05) is 26.3 Å². The highest BCUT2D eigenvalue weighted by molar-refractivity contribution is 6.38. The molecule has 1 aromatic rings. The Morgan fingerprint density at radius 1 is 1.00 bits per heavy atom. The Balaban J connectivity index is 1.63. The molecule has 11 nitrogen and oxygen atoms in total. The SMILES string of the molecule is C=CCNC(=O)C(=O)C(CCC)NC(=O)[C@@H]1CCCN1C(=O)C(NC(=O)OCCOc1ccccc1)C1CCCCC1. The summed E-state index contributed by atoms with van der Waals surface area (Å²) in [6.45, 7) is 6.04. The van der Waals surface area contributed by atoms with Gasteiger partial charge in [-0.3, -0.25) is 19.2 Å². The number of carbonyl (C=O) groups is 5. The number of amides is 4. The van der Waals surface area contributed by atoms with E-state index in [1.807, 2.05) is 25.1 Å². The molecule has 0 aromatic heterocycles. The number of hydrogen-bond donors (Lipinski definition) is 3. The van der Waals surface area contributed by atoms with Gasteiger partial charge in [-0.15, -0.1) is 6.58 Å². The van der Waals surface area contributed by atoms with Gasteiger partial charge in [0.15, 0.2) is 0 Å². The first-order valence-electron chi connectivity index (χ1n) is 15.0. The first-order valence-corrected chi connectivity index (χ1v) is 15.0. The zero-order valence-corrected chi connectivity index (χ0v) is 24.5. The minimum atomic E-state index is -0.995. The number of alkyl carbamates (subject to hydrolysis) is 1. The average Bonchev–Trinajstić information content (AvgIpc) is 3.51. The van der Waals surface area contributed by atoms with Crippen molar-refractivity contribution in [3.63, 3.8) is 0 Å². The van der Waals surface area contributed by atoms with Crippen molar-refractivity contribution in [3.8, 4) is 5.75 Å². The predicted molar refractivity (Wildman–Crippen MR) is 157 cm³/mol. The van der Waals surface area contributed by atoms with E-state index in [1.54, 1.807) is 12.1 Å². The fraction of sp³-hybridized carbons (Fsp3) is 0.581. The van der Waals surface area contributed by atoms with Gasteiger partial charge in [-0.05, 0) is 50.2 Å². The van der Waals surface area contributed by atoms with Crippen molar-refractivity contribution in [3.05, 3.63) is 43.0 Å². The third-order valence-electron chi connectivity index (χ3n) is 7.67. The molecule has 1 heterocycles. The first kappa shape index (κ1) is 32.6. The normalized spacial score (nSPS) is 18.3. The Hall–Kier alpha value is -3.89. The molecule has 0 spiro atoms. The minimum Gasteiger partial charge on any atom is -0.490 e. The topological polar surface area (TPSA) is 143 Å². The van der Waals surface area contributed by atoms with Gasteiger partial charge in [0.25, 0.3) is 5.91 Å². The number of para-hydroxylation sites is 1. The van der Waals surface area contributed by atoms with Crippen LogP contribution in [-0.4, -0.2) is 78.9 Å². The van der Waals surface area contributed by atoms with Crippen molar-refractivity contribution in [2.45, 2.75) is 82.8 Å². The van der Waals surface area contributed by atoms with Gasteiger partial charge in [-0.2, -0.15) is 0 Å². The molecular weight excluding hydrogens is 540 g/mol. The van der Waals surface area contributed by atoms with Crippen LogP contribution in [0.5, 0.6) is 5.75 Å². The number of nitrogens with one attached hydrogen (secondary N) is 3. The van der Waals surface area contributed by atoms with E-state index in [-0.39, 0.29) is 31.6 Å². The van der Waals surface area contributed by atoms with Crippen LogP contribution in [0.15, 0.2) is 43.0 Å². The number of rotatable bonds is 15. The summed E-state index contributed by atoms with van der Waals surface area (Å²) in [5.41, 5.74) is 0. The van der Waals surface area contributed by atoms with Gasteiger partial charge in [0, 0.05) is 13.1 Å². The highest BCUT2D eigenvalue weighted by Gasteiger charge is 2.41. The van der Waals surface area contributed by atoms with E-state index >= 15 is 0 Å². The third kappa shape index (κ3) is 9.60. The van der Waals surface area contributed by atoms with Gasteiger partial charge in [0.05, 0.1) is 6.04 Å². The van der Waals surface area contributed by atoms with Gasteiger partial charge < -0.3 is 30.3 Å². The molecule has 2 unspecified atom stereocenters. The van der Waals surface area contributed by atoms with E-state index in [4.69, 9.17) is 9.47 Å². The number of carbonyl (C=O) groups excluding carboxylic acids is 5. The summed E-state index contributed by atoms with van der Waals surface area (Å²) >= 11 is 0. The summed E-state index contributed by atoms with van der Waals surface area (Å²) in [6, 6.07) is 6.54. The van der Waals surface area contributed by atoms with E-state index in [1.165, 1.54) is 11.0 Å². The highest BCUT2D eigenvalue weighted by Crippen LogP contribution is 2.29. The fourth-order valence-electron chi connectivity index (χ4n) is 5.55. The van der Waals surface area contributed by atoms with Gasteiger partial charge in [-0.25, -0.2) is 4.79 Å². The molecule has 3 N–H and O–H groups in total. The van der Waals surface area contributed by atoms with E-state index in [0.29, 0.717) is 38.0 Å². The number of ether oxygens (including phenoxy) is 2. The number of benzene rings is 1. The Labute approximate surface area is 247 Å². The van der Waals surface area contributed by atoms with Crippen molar-refractivity contribution >= 4 is 29.6 Å². The van der Waals surface area contributed by atoms with Gasteiger partial charge in [-0.1, -0.05) is 56.9 Å². The van der Waals surface area contributed by atoms with Crippen molar-refractivity contribution < 1.29 is 33.4 Å². The van der Waals surface area contributed by atoms with Crippen LogP contribution >= 0.6 is 0 Å². The van der Waals surface area contributed by atoms with Gasteiger partial charge in [0.1, 0.15) is 31.0 Å². The molecule has 0 radical (unpaired) electrons. The van der Waals surface area contributed by atoms with Crippen LogP contribution in [0, 0.1) is 5.92 Å². The molecule has 1 aliphatic heterocycles. The lowest BCUT2D eigenvalue weighted by Crippen LogP contribution is -2.58.